The van der Waals surface area contributed by atoms with E-state index in [0.717, 1.165) is 23.4 Å². The molecule has 0 radical (unpaired) electrons. The third kappa shape index (κ3) is 3.30. The minimum absolute atomic E-state index is 0.0332. The molecular formula is C13H17N3O2. The van der Waals surface area contributed by atoms with Gasteiger partial charge in [-0.15, -0.1) is 0 Å². The number of carbonyl (C=O) groups excluding carboxylic acids is 1. The van der Waals surface area contributed by atoms with Crippen LogP contribution in [-0.4, -0.2) is 24.8 Å². The zero-order valence-corrected chi connectivity index (χ0v) is 10.2. The maximum absolute atomic E-state index is 11.0. The van der Waals surface area contributed by atoms with Gasteiger partial charge in [-0.1, -0.05) is 12.1 Å². The van der Waals surface area contributed by atoms with E-state index in [1.807, 2.05) is 24.3 Å². The second-order valence-electron chi connectivity index (χ2n) is 4.11. The number of hydrazone groups is 1. The van der Waals surface area contributed by atoms with Crippen molar-refractivity contribution in [2.75, 3.05) is 13.2 Å². The average Bonchev–Trinajstić information content (AvgIpc) is 2.40. The van der Waals surface area contributed by atoms with E-state index in [4.69, 9.17) is 10.5 Å². The highest BCUT2D eigenvalue weighted by Crippen LogP contribution is 2.17. The van der Waals surface area contributed by atoms with E-state index < -0.39 is 0 Å². The lowest BCUT2D eigenvalue weighted by Gasteiger charge is -2.13. The zero-order chi connectivity index (χ0) is 12.8. The van der Waals surface area contributed by atoms with E-state index in [-0.39, 0.29) is 5.91 Å². The fourth-order valence-corrected chi connectivity index (χ4v) is 1.72. The van der Waals surface area contributed by atoms with Crippen LogP contribution in [-0.2, 0) is 4.79 Å². The number of nitrogens with two attached hydrogens (primary N) is 1. The van der Waals surface area contributed by atoms with Crippen molar-refractivity contribution in [1.82, 2.24) is 5.43 Å². The first kappa shape index (κ1) is 12.6. The van der Waals surface area contributed by atoms with Crippen molar-refractivity contribution in [3.63, 3.8) is 0 Å². The summed E-state index contributed by atoms with van der Waals surface area (Å²) in [6.45, 7) is 1.24. The van der Waals surface area contributed by atoms with Crippen molar-refractivity contribution >= 4 is 11.6 Å². The molecule has 0 bridgehead atoms. The highest BCUT2D eigenvalue weighted by Gasteiger charge is 2.13. The maximum Gasteiger partial charge on any atom is 0.240 e. The zero-order valence-electron chi connectivity index (χ0n) is 10.2. The molecule has 0 spiro atoms. The van der Waals surface area contributed by atoms with Gasteiger partial charge in [0.25, 0.3) is 0 Å². The number of benzene rings is 1. The van der Waals surface area contributed by atoms with E-state index in [1.165, 1.54) is 0 Å². The molecule has 1 aromatic carbocycles. The van der Waals surface area contributed by atoms with Crippen LogP contribution in [0, 0.1) is 0 Å². The van der Waals surface area contributed by atoms with Gasteiger partial charge in [-0.3, -0.25) is 4.79 Å². The Morgan fingerprint density at radius 2 is 2.28 bits per heavy atom. The summed E-state index contributed by atoms with van der Waals surface area (Å²) < 4.78 is 5.58. The third-order valence-corrected chi connectivity index (χ3v) is 2.69. The molecule has 0 unspecified atom stereocenters. The van der Waals surface area contributed by atoms with E-state index in [1.54, 1.807) is 0 Å². The molecule has 0 fully saturated rings. The first-order valence-corrected chi connectivity index (χ1v) is 6.08. The number of nitrogens with one attached hydrogen (secondary N) is 1. The predicted octanol–water partition coefficient (Wildman–Crippen LogP) is 1.03. The normalized spacial score (nSPS) is 14.9. The van der Waals surface area contributed by atoms with Gasteiger partial charge in [-0.25, -0.2) is 5.43 Å². The van der Waals surface area contributed by atoms with Crippen LogP contribution in [0.4, 0.5) is 0 Å². The van der Waals surface area contributed by atoms with Gasteiger partial charge < -0.3 is 10.5 Å². The van der Waals surface area contributed by atoms with Gasteiger partial charge in [0.05, 0.1) is 12.3 Å². The Morgan fingerprint density at radius 1 is 1.39 bits per heavy atom. The number of hydrogen-bond acceptors (Lipinski definition) is 4. The van der Waals surface area contributed by atoms with E-state index >= 15 is 0 Å². The smallest absolute Gasteiger partial charge is 0.240 e. The fraction of sp³-hybridized carbons (Fsp3) is 0.385. The number of hydrogen-bond donors (Lipinski definition) is 2. The highest BCUT2D eigenvalue weighted by atomic mass is 16.5. The summed E-state index contributed by atoms with van der Waals surface area (Å²) in [7, 11) is 0. The van der Waals surface area contributed by atoms with Crippen molar-refractivity contribution in [2.45, 2.75) is 19.3 Å². The summed E-state index contributed by atoms with van der Waals surface area (Å²) in [5.41, 5.74) is 9.78. The summed E-state index contributed by atoms with van der Waals surface area (Å²) in [4.78, 5) is 11.0. The Morgan fingerprint density at radius 3 is 3.00 bits per heavy atom. The standard InChI is InChI=1S/C13H17N3O2/c14-7-2-8-18-11-4-1-3-10(9-11)12-5-6-13(17)16-15-12/h1,3-4,9H,2,5-8,14H2,(H,16,17). The molecular weight excluding hydrogens is 230 g/mol. The molecule has 1 aliphatic rings. The fourth-order valence-electron chi connectivity index (χ4n) is 1.72. The minimum Gasteiger partial charge on any atom is -0.494 e. The van der Waals surface area contributed by atoms with Gasteiger partial charge in [0, 0.05) is 18.4 Å². The molecule has 3 N–H and O–H groups in total. The molecule has 2 rings (SSSR count). The van der Waals surface area contributed by atoms with Crippen LogP contribution in [0.2, 0.25) is 0 Å². The number of carbonyl (C=O) groups is 1. The lowest BCUT2D eigenvalue weighted by atomic mass is 10.0. The molecule has 0 saturated carbocycles. The van der Waals surface area contributed by atoms with Crippen LogP contribution in [0.15, 0.2) is 29.4 Å². The maximum atomic E-state index is 11.0. The summed E-state index contributed by atoms with van der Waals surface area (Å²) in [5.74, 6) is 0.773. The molecule has 96 valence electrons. The summed E-state index contributed by atoms with van der Waals surface area (Å²) in [5, 5.41) is 4.06. The molecule has 0 atom stereocenters. The SMILES string of the molecule is NCCCOc1cccc(C2=NNC(=O)CC2)c1. The highest BCUT2D eigenvalue weighted by molar-refractivity contribution is 6.04. The van der Waals surface area contributed by atoms with Crippen molar-refractivity contribution in [2.24, 2.45) is 10.8 Å². The molecule has 5 nitrogen and oxygen atoms in total. The van der Waals surface area contributed by atoms with Gasteiger partial charge in [0.1, 0.15) is 5.75 Å². The first-order valence-electron chi connectivity index (χ1n) is 6.08. The first-order chi connectivity index (χ1) is 8.79. The number of ether oxygens (including phenoxy) is 1. The lowest BCUT2D eigenvalue weighted by Crippen LogP contribution is -2.25. The molecule has 1 heterocycles. The van der Waals surface area contributed by atoms with E-state index in [0.29, 0.717) is 26.0 Å². The van der Waals surface area contributed by atoms with E-state index in [9.17, 15) is 4.79 Å². The van der Waals surface area contributed by atoms with Crippen molar-refractivity contribution in [1.29, 1.82) is 0 Å². The molecule has 0 aliphatic carbocycles. The molecule has 1 aliphatic heterocycles. The average molecular weight is 247 g/mol. The molecule has 18 heavy (non-hydrogen) atoms. The van der Waals surface area contributed by atoms with Crippen molar-refractivity contribution in [3.05, 3.63) is 29.8 Å². The Balaban J connectivity index is 2.05. The molecule has 0 saturated heterocycles. The Kier molecular flexibility index (Phi) is 4.30. The number of amides is 1. The van der Waals surface area contributed by atoms with Gasteiger partial charge >= 0.3 is 0 Å². The quantitative estimate of drug-likeness (QED) is 0.763. The number of nitrogens with zero attached hydrogens (tertiary/aromatic N) is 1. The summed E-state index contributed by atoms with van der Waals surface area (Å²) >= 11 is 0. The van der Waals surface area contributed by atoms with Crippen LogP contribution in [0.25, 0.3) is 0 Å². The predicted molar refractivity (Wildman–Crippen MR) is 69.5 cm³/mol. The van der Waals surface area contributed by atoms with Crippen LogP contribution in [0.5, 0.6) is 5.75 Å². The van der Waals surface area contributed by atoms with Crippen LogP contribution in [0.1, 0.15) is 24.8 Å². The third-order valence-electron chi connectivity index (χ3n) is 2.69. The molecule has 1 amide bonds. The Labute approximate surface area is 106 Å². The van der Waals surface area contributed by atoms with Gasteiger partial charge in [-0.05, 0) is 25.1 Å². The Bertz CT molecular complexity index is 457. The Hall–Kier alpha value is -1.88. The van der Waals surface area contributed by atoms with Crippen molar-refractivity contribution in [3.8, 4) is 5.75 Å². The van der Waals surface area contributed by atoms with Crippen LogP contribution in [0.3, 0.4) is 0 Å². The van der Waals surface area contributed by atoms with Crippen molar-refractivity contribution < 1.29 is 9.53 Å². The summed E-state index contributed by atoms with van der Waals surface area (Å²) in [6, 6.07) is 7.73. The second kappa shape index (κ2) is 6.16. The van der Waals surface area contributed by atoms with Gasteiger partial charge in [0.15, 0.2) is 0 Å². The number of rotatable bonds is 5. The topological polar surface area (TPSA) is 76.7 Å². The van der Waals surface area contributed by atoms with E-state index in [2.05, 4.69) is 10.5 Å². The largest absolute Gasteiger partial charge is 0.494 e. The van der Waals surface area contributed by atoms with Crippen LogP contribution < -0.4 is 15.9 Å². The lowest BCUT2D eigenvalue weighted by molar-refractivity contribution is -0.121. The monoisotopic (exact) mass is 247 g/mol. The summed E-state index contributed by atoms with van der Waals surface area (Å²) in [6.07, 6.45) is 1.98. The van der Waals surface area contributed by atoms with Gasteiger partial charge in [-0.2, -0.15) is 5.10 Å². The van der Waals surface area contributed by atoms with Crippen LogP contribution >= 0.6 is 0 Å². The molecule has 0 aromatic heterocycles. The van der Waals surface area contributed by atoms with Gasteiger partial charge in [0.2, 0.25) is 5.91 Å². The molecule has 5 heteroatoms. The molecule has 1 aromatic rings. The minimum atomic E-state index is -0.0332. The second-order valence-corrected chi connectivity index (χ2v) is 4.11.